The summed E-state index contributed by atoms with van der Waals surface area (Å²) in [5.41, 5.74) is 0.331. The van der Waals surface area contributed by atoms with E-state index in [4.69, 9.17) is 0 Å². The predicted octanol–water partition coefficient (Wildman–Crippen LogP) is 3.78. The van der Waals surface area contributed by atoms with E-state index in [0.29, 0.717) is 5.92 Å². The highest BCUT2D eigenvalue weighted by Crippen LogP contribution is 2.42. The number of rotatable bonds is 1. The molecular weight excluding hydrogens is 340 g/mol. The minimum atomic E-state index is -0.670. The van der Waals surface area contributed by atoms with Crippen molar-refractivity contribution in [3.8, 4) is 0 Å². The molecule has 2 rings (SSSR count). The molecule has 4 heteroatoms. The summed E-state index contributed by atoms with van der Waals surface area (Å²) >= 11 is 8.73. The molecule has 1 nitrogen and oxygen atoms in total. The summed E-state index contributed by atoms with van der Waals surface area (Å²) in [5, 5.41) is 10.6. The average Bonchev–Trinajstić information content (AvgIpc) is 2.47. The van der Waals surface area contributed by atoms with Gasteiger partial charge in [-0.05, 0) is 35.4 Å². The van der Waals surface area contributed by atoms with Crippen LogP contribution in [0.25, 0.3) is 0 Å². The van der Waals surface area contributed by atoms with Crippen molar-refractivity contribution in [3.05, 3.63) is 32.7 Å². The first-order valence-electron chi connectivity index (χ1n) is 4.79. The lowest BCUT2D eigenvalue weighted by Gasteiger charge is -2.27. The highest BCUT2D eigenvalue weighted by atomic mass is 79.9. The van der Waals surface area contributed by atoms with Crippen molar-refractivity contribution in [1.82, 2.24) is 0 Å². The van der Waals surface area contributed by atoms with E-state index in [1.807, 2.05) is 30.0 Å². The molecule has 1 saturated heterocycles. The first-order valence-corrected chi connectivity index (χ1v) is 7.53. The zero-order valence-electron chi connectivity index (χ0n) is 8.34. The van der Waals surface area contributed by atoms with E-state index >= 15 is 0 Å². The number of hydrogen-bond acceptors (Lipinski definition) is 2. The predicted molar refractivity (Wildman–Crippen MR) is 72.2 cm³/mol. The topological polar surface area (TPSA) is 20.2 Å². The Morgan fingerprint density at radius 1 is 1.33 bits per heavy atom. The summed E-state index contributed by atoms with van der Waals surface area (Å²) < 4.78 is 2.01. The van der Waals surface area contributed by atoms with Gasteiger partial charge in [-0.1, -0.05) is 38.8 Å². The number of halogens is 2. The van der Waals surface area contributed by atoms with Gasteiger partial charge in [-0.15, -0.1) is 0 Å². The molecular formula is C11H12Br2OS. The number of benzene rings is 1. The molecule has 0 bridgehead atoms. The van der Waals surface area contributed by atoms with Gasteiger partial charge in [0.05, 0.1) is 0 Å². The van der Waals surface area contributed by atoms with Gasteiger partial charge in [0, 0.05) is 14.7 Å². The summed E-state index contributed by atoms with van der Waals surface area (Å²) in [7, 11) is 0. The van der Waals surface area contributed by atoms with Crippen LogP contribution in [0.4, 0.5) is 0 Å². The van der Waals surface area contributed by atoms with Crippen LogP contribution in [0.1, 0.15) is 12.5 Å². The molecule has 1 aliphatic rings. The highest BCUT2D eigenvalue weighted by molar-refractivity contribution is 9.11. The molecule has 1 aliphatic heterocycles. The van der Waals surface area contributed by atoms with Crippen LogP contribution in [0.5, 0.6) is 0 Å². The maximum atomic E-state index is 10.6. The molecule has 15 heavy (non-hydrogen) atoms. The second kappa shape index (κ2) is 4.40. The molecule has 82 valence electrons. The second-order valence-electron chi connectivity index (χ2n) is 4.00. The van der Waals surface area contributed by atoms with Gasteiger partial charge in [-0.2, -0.15) is 11.8 Å². The van der Waals surface area contributed by atoms with Crippen LogP contribution in [0, 0.1) is 5.92 Å². The van der Waals surface area contributed by atoms with Gasteiger partial charge in [0.2, 0.25) is 0 Å². The Morgan fingerprint density at radius 3 is 2.40 bits per heavy atom. The van der Waals surface area contributed by atoms with E-state index in [-0.39, 0.29) is 0 Å². The smallest absolute Gasteiger partial charge is 0.102 e. The van der Waals surface area contributed by atoms with E-state index in [1.54, 1.807) is 0 Å². The molecule has 1 heterocycles. The van der Waals surface area contributed by atoms with Crippen LogP contribution >= 0.6 is 43.6 Å². The third kappa shape index (κ3) is 2.28. The standard InChI is InChI=1S/C11H12Br2OS/c1-7-5-15-6-11(7,14)8-2-9(12)4-10(13)3-8/h2-4,7,14H,5-6H2,1H3/t7-,11-/m1/s1. The molecule has 1 N–H and O–H groups in total. The fourth-order valence-electron chi connectivity index (χ4n) is 1.84. The lowest BCUT2D eigenvalue weighted by atomic mass is 9.85. The minimum absolute atomic E-state index is 0.309. The second-order valence-corrected chi connectivity index (χ2v) is 6.86. The molecule has 0 spiro atoms. The monoisotopic (exact) mass is 350 g/mol. The molecule has 1 aromatic rings. The third-order valence-corrected chi connectivity index (χ3v) is 5.16. The molecule has 1 fully saturated rings. The maximum Gasteiger partial charge on any atom is 0.102 e. The summed E-state index contributed by atoms with van der Waals surface area (Å²) in [5.74, 6) is 2.13. The molecule has 0 saturated carbocycles. The molecule has 0 unspecified atom stereocenters. The molecule has 0 aliphatic carbocycles. The normalized spacial score (nSPS) is 30.8. The van der Waals surface area contributed by atoms with Gasteiger partial charge in [0.1, 0.15) is 5.60 Å². The molecule has 0 aromatic heterocycles. The SMILES string of the molecule is C[C@@H]1CSC[C@]1(O)c1cc(Br)cc(Br)c1. The van der Waals surface area contributed by atoms with E-state index in [0.717, 1.165) is 26.0 Å². The van der Waals surface area contributed by atoms with Crippen molar-refractivity contribution in [2.75, 3.05) is 11.5 Å². The largest absolute Gasteiger partial charge is 0.384 e. The van der Waals surface area contributed by atoms with Crippen LogP contribution in [0.15, 0.2) is 27.1 Å². The molecule has 2 atom stereocenters. The lowest BCUT2D eigenvalue weighted by molar-refractivity contribution is 0.0233. The Bertz CT molecular complexity index is 363. The Morgan fingerprint density at radius 2 is 1.93 bits per heavy atom. The van der Waals surface area contributed by atoms with Gasteiger partial charge in [0.15, 0.2) is 0 Å². The number of aliphatic hydroxyl groups is 1. The Balaban J connectivity index is 2.44. The van der Waals surface area contributed by atoms with Gasteiger partial charge >= 0.3 is 0 Å². The average molecular weight is 352 g/mol. The minimum Gasteiger partial charge on any atom is -0.384 e. The van der Waals surface area contributed by atoms with Gasteiger partial charge in [-0.3, -0.25) is 0 Å². The van der Waals surface area contributed by atoms with E-state index in [9.17, 15) is 5.11 Å². The summed E-state index contributed by atoms with van der Waals surface area (Å²) in [6.07, 6.45) is 0. The summed E-state index contributed by atoms with van der Waals surface area (Å²) in [6.45, 7) is 2.11. The van der Waals surface area contributed by atoms with Crippen molar-refractivity contribution < 1.29 is 5.11 Å². The van der Waals surface area contributed by atoms with Gasteiger partial charge < -0.3 is 5.11 Å². The van der Waals surface area contributed by atoms with Gasteiger partial charge in [-0.25, -0.2) is 0 Å². The first-order chi connectivity index (χ1) is 7.02. The third-order valence-electron chi connectivity index (χ3n) is 2.87. The Hall–Kier alpha value is 0.490. The van der Waals surface area contributed by atoms with E-state index in [1.165, 1.54) is 0 Å². The van der Waals surface area contributed by atoms with Crippen molar-refractivity contribution in [1.29, 1.82) is 0 Å². The Labute approximate surface area is 111 Å². The molecule has 0 radical (unpaired) electrons. The fourth-order valence-corrected chi connectivity index (χ4v) is 4.65. The van der Waals surface area contributed by atoms with Crippen LogP contribution in [-0.2, 0) is 5.60 Å². The van der Waals surface area contributed by atoms with E-state index in [2.05, 4.69) is 38.8 Å². The number of hydrogen-bond donors (Lipinski definition) is 1. The fraction of sp³-hybridized carbons (Fsp3) is 0.455. The van der Waals surface area contributed by atoms with Crippen molar-refractivity contribution in [2.24, 2.45) is 5.92 Å². The summed E-state index contributed by atoms with van der Waals surface area (Å²) in [4.78, 5) is 0. The quantitative estimate of drug-likeness (QED) is 0.830. The van der Waals surface area contributed by atoms with Crippen molar-refractivity contribution in [3.63, 3.8) is 0 Å². The molecule has 1 aromatic carbocycles. The van der Waals surface area contributed by atoms with Crippen LogP contribution in [0.2, 0.25) is 0 Å². The molecule has 0 amide bonds. The number of thioether (sulfide) groups is 1. The van der Waals surface area contributed by atoms with E-state index < -0.39 is 5.60 Å². The van der Waals surface area contributed by atoms with Crippen LogP contribution < -0.4 is 0 Å². The zero-order chi connectivity index (χ0) is 11.1. The van der Waals surface area contributed by atoms with Crippen LogP contribution in [-0.4, -0.2) is 16.6 Å². The summed E-state index contributed by atoms with van der Waals surface area (Å²) in [6, 6.07) is 6.00. The first kappa shape index (κ1) is 12.0. The van der Waals surface area contributed by atoms with Crippen molar-refractivity contribution >= 4 is 43.6 Å². The maximum absolute atomic E-state index is 10.6. The lowest BCUT2D eigenvalue weighted by Crippen LogP contribution is -2.32. The zero-order valence-corrected chi connectivity index (χ0v) is 12.3. The van der Waals surface area contributed by atoms with Crippen molar-refractivity contribution in [2.45, 2.75) is 12.5 Å². The highest BCUT2D eigenvalue weighted by Gasteiger charge is 2.40. The van der Waals surface area contributed by atoms with Gasteiger partial charge in [0.25, 0.3) is 0 Å². The van der Waals surface area contributed by atoms with Crippen LogP contribution in [0.3, 0.4) is 0 Å². The Kier molecular flexibility index (Phi) is 3.51.